The van der Waals surface area contributed by atoms with Gasteiger partial charge in [0.2, 0.25) is 0 Å². The Morgan fingerprint density at radius 2 is 2.08 bits per heavy atom. The third-order valence-corrected chi connectivity index (χ3v) is 3.96. The lowest BCUT2D eigenvalue weighted by molar-refractivity contribution is -0.384. The Bertz CT molecular complexity index is 843. The molecule has 0 saturated carbocycles. The number of aliphatic hydroxyl groups excluding tert-OH is 1. The number of non-ortho nitro benzene ring substituents is 1. The van der Waals surface area contributed by atoms with Crippen LogP contribution in [-0.4, -0.2) is 44.7 Å². The van der Waals surface area contributed by atoms with E-state index < -0.39 is 28.7 Å². The van der Waals surface area contributed by atoms with Crippen molar-refractivity contribution in [2.24, 2.45) is 5.92 Å². The van der Waals surface area contributed by atoms with Gasteiger partial charge in [0.05, 0.1) is 17.6 Å². The zero-order chi connectivity index (χ0) is 19.4. The average molecular weight is 361 g/mol. The number of carbonyl (C=O) groups is 2. The van der Waals surface area contributed by atoms with E-state index in [0.29, 0.717) is 0 Å². The first-order valence-corrected chi connectivity index (χ1v) is 8.00. The van der Waals surface area contributed by atoms with E-state index in [9.17, 15) is 24.8 Å². The Morgan fingerprint density at radius 1 is 1.38 bits per heavy atom. The molecule has 2 aromatic rings. The van der Waals surface area contributed by atoms with Gasteiger partial charge in [-0.05, 0) is 19.4 Å². The summed E-state index contributed by atoms with van der Waals surface area (Å²) in [6.45, 7) is 4.74. The van der Waals surface area contributed by atoms with Crippen LogP contribution in [0.15, 0.2) is 24.3 Å². The van der Waals surface area contributed by atoms with E-state index in [-0.39, 0.29) is 34.8 Å². The zero-order valence-electron chi connectivity index (χ0n) is 14.6. The number of nitro groups is 1. The number of aliphatic hydroxyl groups is 1. The number of Topliss-reactive ketones (excluding diaryl/α,β-unsaturated/α-hetero) is 1. The Hall–Kier alpha value is -3.07. The Kier molecular flexibility index (Phi) is 5.83. The molecule has 1 aromatic heterocycles. The van der Waals surface area contributed by atoms with Gasteiger partial charge < -0.3 is 9.84 Å². The fourth-order valence-electron chi connectivity index (χ4n) is 2.36. The van der Waals surface area contributed by atoms with Crippen molar-refractivity contribution in [3.8, 4) is 11.1 Å². The summed E-state index contributed by atoms with van der Waals surface area (Å²) in [6, 6.07) is 5.52. The molecule has 0 saturated heterocycles. The summed E-state index contributed by atoms with van der Waals surface area (Å²) in [7, 11) is 0. The highest BCUT2D eigenvalue weighted by atomic mass is 16.6. The van der Waals surface area contributed by atoms with E-state index in [0.717, 1.165) is 0 Å². The summed E-state index contributed by atoms with van der Waals surface area (Å²) < 4.78 is 4.96. The lowest BCUT2D eigenvalue weighted by atomic mass is 9.93. The van der Waals surface area contributed by atoms with Crippen LogP contribution in [0.1, 0.15) is 41.7 Å². The van der Waals surface area contributed by atoms with Crippen LogP contribution < -0.4 is 0 Å². The van der Waals surface area contributed by atoms with Crippen LogP contribution in [0, 0.1) is 16.0 Å². The molecule has 138 valence electrons. The van der Waals surface area contributed by atoms with Crippen LogP contribution in [0.3, 0.4) is 0 Å². The van der Waals surface area contributed by atoms with Gasteiger partial charge in [0.1, 0.15) is 5.69 Å². The van der Waals surface area contributed by atoms with Crippen LogP contribution in [0.25, 0.3) is 11.1 Å². The lowest BCUT2D eigenvalue weighted by Crippen LogP contribution is -2.23. The number of ether oxygens (including phenoxy) is 1. The number of nitrogens with one attached hydrogen (secondary N) is 1. The van der Waals surface area contributed by atoms with Crippen molar-refractivity contribution in [1.29, 1.82) is 0 Å². The molecule has 2 unspecified atom stereocenters. The number of nitro benzene ring substituents is 1. The summed E-state index contributed by atoms with van der Waals surface area (Å²) in [5.41, 5.74) is 0.0396. The molecule has 1 heterocycles. The van der Waals surface area contributed by atoms with E-state index in [2.05, 4.69) is 10.2 Å². The molecule has 0 aliphatic heterocycles. The number of hydrogen-bond donors (Lipinski definition) is 2. The van der Waals surface area contributed by atoms with Crippen LogP contribution in [0.2, 0.25) is 0 Å². The Morgan fingerprint density at radius 3 is 2.65 bits per heavy atom. The highest BCUT2D eigenvalue weighted by Crippen LogP contribution is 2.31. The van der Waals surface area contributed by atoms with Crippen LogP contribution >= 0.6 is 0 Å². The Labute approximate surface area is 149 Å². The molecule has 0 aliphatic rings. The second kappa shape index (κ2) is 7.87. The van der Waals surface area contributed by atoms with Crippen molar-refractivity contribution in [2.75, 3.05) is 6.61 Å². The maximum absolute atomic E-state index is 12.7. The molecule has 0 bridgehead atoms. The SMILES string of the molecule is CCOC(=O)c1[nH]nc(C(=O)C(C)C(C)O)c1-c1cccc([N+](=O)[O-])c1. The fraction of sp³-hybridized carbons (Fsp3) is 0.353. The molecule has 0 aliphatic carbocycles. The quantitative estimate of drug-likeness (QED) is 0.334. The number of nitrogens with zero attached hydrogens (tertiary/aromatic N) is 2. The first-order valence-electron chi connectivity index (χ1n) is 8.00. The molecule has 1 aromatic carbocycles. The molecule has 0 radical (unpaired) electrons. The van der Waals surface area contributed by atoms with Gasteiger partial charge >= 0.3 is 5.97 Å². The monoisotopic (exact) mass is 361 g/mol. The van der Waals surface area contributed by atoms with Gasteiger partial charge in [-0.3, -0.25) is 20.0 Å². The van der Waals surface area contributed by atoms with Crippen LogP contribution in [-0.2, 0) is 4.74 Å². The molecule has 2 N–H and O–H groups in total. The van der Waals surface area contributed by atoms with Gasteiger partial charge in [-0.15, -0.1) is 0 Å². The van der Waals surface area contributed by atoms with E-state index in [1.807, 2.05) is 0 Å². The van der Waals surface area contributed by atoms with Gasteiger partial charge in [-0.2, -0.15) is 5.10 Å². The number of rotatable bonds is 7. The summed E-state index contributed by atoms with van der Waals surface area (Å²) >= 11 is 0. The number of ketones is 1. The lowest BCUT2D eigenvalue weighted by Gasteiger charge is -2.13. The molecule has 9 heteroatoms. The fourth-order valence-corrected chi connectivity index (χ4v) is 2.36. The molecular formula is C17H19N3O6. The van der Waals surface area contributed by atoms with Gasteiger partial charge in [0.25, 0.3) is 5.69 Å². The molecule has 2 rings (SSSR count). The molecule has 9 nitrogen and oxygen atoms in total. The Balaban J connectivity index is 2.65. The number of aromatic amines is 1. The van der Waals surface area contributed by atoms with Crippen LogP contribution in [0.4, 0.5) is 5.69 Å². The van der Waals surface area contributed by atoms with E-state index in [4.69, 9.17) is 4.74 Å². The predicted octanol–water partition coefficient (Wildman–Crippen LogP) is 2.36. The van der Waals surface area contributed by atoms with Crippen molar-refractivity contribution in [3.05, 3.63) is 45.8 Å². The van der Waals surface area contributed by atoms with Crippen molar-refractivity contribution >= 4 is 17.4 Å². The minimum absolute atomic E-state index is 0.0755. The smallest absolute Gasteiger partial charge is 0.357 e. The van der Waals surface area contributed by atoms with Crippen molar-refractivity contribution in [1.82, 2.24) is 10.2 Å². The first kappa shape index (κ1) is 19.3. The predicted molar refractivity (Wildman–Crippen MR) is 91.8 cm³/mol. The normalized spacial score (nSPS) is 13.1. The highest BCUT2D eigenvalue weighted by Gasteiger charge is 2.30. The highest BCUT2D eigenvalue weighted by molar-refractivity contribution is 6.07. The minimum atomic E-state index is -0.928. The number of esters is 1. The third-order valence-electron chi connectivity index (χ3n) is 3.96. The largest absolute Gasteiger partial charge is 0.461 e. The third kappa shape index (κ3) is 3.77. The number of carbonyl (C=O) groups excluding carboxylic acids is 2. The maximum atomic E-state index is 12.7. The molecule has 0 amide bonds. The second-order valence-electron chi connectivity index (χ2n) is 5.74. The summed E-state index contributed by atoms with van der Waals surface area (Å²) in [4.78, 5) is 35.3. The van der Waals surface area contributed by atoms with Crippen molar-refractivity contribution in [2.45, 2.75) is 26.9 Å². The topological polar surface area (TPSA) is 135 Å². The van der Waals surface area contributed by atoms with Crippen molar-refractivity contribution in [3.63, 3.8) is 0 Å². The first-order chi connectivity index (χ1) is 12.3. The second-order valence-corrected chi connectivity index (χ2v) is 5.74. The molecule has 0 fully saturated rings. The number of benzene rings is 1. The number of hydrogen-bond acceptors (Lipinski definition) is 7. The standard InChI is InChI=1S/C17H19N3O6/c1-4-26-17(23)15-13(11-6-5-7-12(8-11)20(24)25)14(18-19-15)16(22)9(2)10(3)21/h5-10,21H,4H2,1-3H3,(H,18,19). The molecule has 2 atom stereocenters. The van der Waals surface area contributed by atoms with E-state index >= 15 is 0 Å². The van der Waals surface area contributed by atoms with Gasteiger partial charge in [0, 0.05) is 23.6 Å². The zero-order valence-corrected chi connectivity index (χ0v) is 14.6. The summed E-state index contributed by atoms with van der Waals surface area (Å²) in [5, 5.41) is 27.1. The minimum Gasteiger partial charge on any atom is -0.461 e. The van der Waals surface area contributed by atoms with Crippen LogP contribution in [0.5, 0.6) is 0 Å². The summed E-state index contributed by atoms with van der Waals surface area (Å²) in [5.74, 6) is -2.00. The maximum Gasteiger partial charge on any atom is 0.357 e. The molecule has 26 heavy (non-hydrogen) atoms. The summed E-state index contributed by atoms with van der Waals surface area (Å²) in [6.07, 6.45) is -0.928. The average Bonchev–Trinajstić information content (AvgIpc) is 3.05. The molecular weight excluding hydrogens is 342 g/mol. The van der Waals surface area contributed by atoms with Gasteiger partial charge in [-0.25, -0.2) is 4.79 Å². The number of aromatic nitrogens is 2. The van der Waals surface area contributed by atoms with Gasteiger partial charge in [-0.1, -0.05) is 19.1 Å². The van der Waals surface area contributed by atoms with E-state index in [1.54, 1.807) is 6.92 Å². The van der Waals surface area contributed by atoms with Crippen molar-refractivity contribution < 1.29 is 24.4 Å². The van der Waals surface area contributed by atoms with E-state index in [1.165, 1.54) is 38.1 Å². The van der Waals surface area contributed by atoms with Gasteiger partial charge in [0.15, 0.2) is 11.5 Å². The molecule has 0 spiro atoms. The number of H-pyrrole nitrogens is 1.